The summed E-state index contributed by atoms with van der Waals surface area (Å²) in [5.41, 5.74) is 0.694. The highest BCUT2D eigenvalue weighted by Crippen LogP contribution is 2.33. The summed E-state index contributed by atoms with van der Waals surface area (Å²) in [6.45, 7) is 4.48. The number of para-hydroxylation sites is 2. The Kier molecular flexibility index (Phi) is 6.17. The summed E-state index contributed by atoms with van der Waals surface area (Å²) in [7, 11) is 0. The van der Waals surface area contributed by atoms with E-state index in [1.165, 1.54) is 6.92 Å². The number of rotatable bonds is 7. The quantitative estimate of drug-likeness (QED) is 0.724. The molecule has 24 heavy (non-hydrogen) atoms. The van der Waals surface area contributed by atoms with Crippen LogP contribution >= 0.6 is 0 Å². The smallest absolute Gasteiger partial charge is 0.267 e. The lowest BCUT2D eigenvalue weighted by Crippen LogP contribution is -2.45. The minimum absolute atomic E-state index is 0.0834. The van der Waals surface area contributed by atoms with Gasteiger partial charge in [0.05, 0.1) is 5.69 Å². The number of ether oxygens (including phenoxy) is 1. The van der Waals surface area contributed by atoms with Gasteiger partial charge in [-0.25, -0.2) is 0 Å². The molecule has 0 aliphatic carbocycles. The molecule has 1 atom stereocenters. The third-order valence-corrected chi connectivity index (χ3v) is 3.69. The molecule has 0 spiro atoms. The zero-order chi connectivity index (χ0) is 17.5. The van der Waals surface area contributed by atoms with Crippen molar-refractivity contribution in [3.63, 3.8) is 0 Å². The van der Waals surface area contributed by atoms with Crippen LogP contribution in [0.5, 0.6) is 5.75 Å². The highest BCUT2D eigenvalue weighted by molar-refractivity contribution is 6.00. The van der Waals surface area contributed by atoms with Crippen molar-refractivity contribution in [2.45, 2.75) is 32.8 Å². The fraction of sp³-hybridized carbons (Fsp3) is 0.471. The number of hydrogen-bond acceptors (Lipinski definition) is 4. The van der Waals surface area contributed by atoms with E-state index in [4.69, 9.17) is 4.74 Å². The van der Waals surface area contributed by atoms with E-state index >= 15 is 0 Å². The normalized spacial score (nSPS) is 16.2. The van der Waals surface area contributed by atoms with Gasteiger partial charge in [-0.2, -0.15) is 0 Å². The maximum absolute atomic E-state index is 12.3. The molecule has 0 saturated carbocycles. The van der Waals surface area contributed by atoms with Crippen molar-refractivity contribution in [2.24, 2.45) is 0 Å². The number of nitrogens with zero attached hydrogens (tertiary/aromatic N) is 1. The number of anilines is 1. The van der Waals surface area contributed by atoms with Crippen molar-refractivity contribution in [1.82, 2.24) is 10.6 Å². The average Bonchev–Trinajstić information content (AvgIpc) is 2.54. The van der Waals surface area contributed by atoms with Crippen LogP contribution in [0.15, 0.2) is 24.3 Å². The highest BCUT2D eigenvalue weighted by Gasteiger charge is 2.31. The number of carbonyl (C=O) groups is 3. The van der Waals surface area contributed by atoms with Gasteiger partial charge in [-0.3, -0.25) is 14.4 Å². The average molecular weight is 333 g/mol. The number of hydrogen-bond donors (Lipinski definition) is 2. The molecule has 1 unspecified atom stereocenters. The van der Waals surface area contributed by atoms with E-state index in [-0.39, 0.29) is 24.1 Å². The Hall–Kier alpha value is -2.57. The minimum Gasteiger partial charge on any atom is -0.479 e. The molecule has 7 heteroatoms. The summed E-state index contributed by atoms with van der Waals surface area (Å²) in [6.07, 6.45) is 0.329. The van der Waals surface area contributed by atoms with E-state index in [1.54, 1.807) is 11.8 Å². The van der Waals surface area contributed by atoms with Gasteiger partial charge >= 0.3 is 0 Å². The molecule has 0 radical (unpaired) electrons. The van der Waals surface area contributed by atoms with Crippen LogP contribution in [0.1, 0.15) is 26.7 Å². The van der Waals surface area contributed by atoms with Crippen LogP contribution in [0.3, 0.4) is 0 Å². The molecule has 1 heterocycles. The van der Waals surface area contributed by atoms with Crippen molar-refractivity contribution in [3.05, 3.63) is 24.3 Å². The molecule has 1 aromatic rings. The van der Waals surface area contributed by atoms with Gasteiger partial charge in [-0.1, -0.05) is 12.1 Å². The molecule has 0 saturated heterocycles. The van der Waals surface area contributed by atoms with Crippen molar-refractivity contribution in [3.8, 4) is 5.75 Å². The topological polar surface area (TPSA) is 87.7 Å². The molecule has 7 nitrogen and oxygen atoms in total. The molecule has 130 valence electrons. The number of nitrogens with one attached hydrogen (secondary N) is 2. The minimum atomic E-state index is -0.555. The molecule has 1 aliphatic heterocycles. The second-order valence-electron chi connectivity index (χ2n) is 5.65. The van der Waals surface area contributed by atoms with Gasteiger partial charge < -0.3 is 20.3 Å². The zero-order valence-electron chi connectivity index (χ0n) is 14.0. The number of amides is 3. The molecule has 1 aliphatic rings. The van der Waals surface area contributed by atoms with Gasteiger partial charge in [-0.05, 0) is 25.5 Å². The zero-order valence-corrected chi connectivity index (χ0v) is 14.0. The fourth-order valence-corrected chi connectivity index (χ4v) is 2.47. The first-order valence-corrected chi connectivity index (χ1v) is 8.07. The molecule has 2 N–H and O–H groups in total. The second kappa shape index (κ2) is 8.33. The third kappa shape index (κ3) is 4.71. The predicted octanol–water partition coefficient (Wildman–Crippen LogP) is 0.833. The van der Waals surface area contributed by atoms with E-state index < -0.39 is 6.10 Å². The van der Waals surface area contributed by atoms with Crippen molar-refractivity contribution < 1.29 is 19.1 Å². The van der Waals surface area contributed by atoms with E-state index in [9.17, 15) is 14.4 Å². The van der Waals surface area contributed by atoms with Crippen molar-refractivity contribution in [2.75, 3.05) is 24.5 Å². The first kappa shape index (κ1) is 17.8. The maximum atomic E-state index is 12.3. The standard InChI is InChI=1S/C17H23N3O4/c1-12-17(23)20(14-6-3-4-7-15(14)24-12)11-8-16(22)19-10-5-9-18-13(2)21/h3-4,6-7,12H,5,8-11H2,1-2H3,(H,18,21)(H,19,22). The van der Waals surface area contributed by atoms with E-state index in [2.05, 4.69) is 10.6 Å². The lowest BCUT2D eigenvalue weighted by Gasteiger charge is -2.32. The Bertz CT molecular complexity index is 618. The Morgan fingerprint density at radius 2 is 1.92 bits per heavy atom. The summed E-state index contributed by atoms with van der Waals surface area (Å²) in [6, 6.07) is 7.31. The molecular weight excluding hydrogens is 310 g/mol. The van der Waals surface area contributed by atoms with Gasteiger partial charge in [0.15, 0.2) is 6.10 Å². The first-order valence-electron chi connectivity index (χ1n) is 8.07. The molecule has 0 aromatic heterocycles. The van der Waals surface area contributed by atoms with E-state index in [1.807, 2.05) is 24.3 Å². The third-order valence-electron chi connectivity index (χ3n) is 3.69. The summed E-state index contributed by atoms with van der Waals surface area (Å²) < 4.78 is 5.57. The van der Waals surface area contributed by atoms with Crippen LogP contribution in [0.2, 0.25) is 0 Å². The predicted molar refractivity (Wildman–Crippen MR) is 89.8 cm³/mol. The van der Waals surface area contributed by atoms with Gasteiger partial charge in [0.2, 0.25) is 11.8 Å². The van der Waals surface area contributed by atoms with Crippen LogP contribution in [-0.2, 0) is 14.4 Å². The van der Waals surface area contributed by atoms with Crippen LogP contribution in [0.25, 0.3) is 0 Å². The van der Waals surface area contributed by atoms with Gasteiger partial charge in [0, 0.05) is 33.0 Å². The molecule has 0 bridgehead atoms. The molecule has 2 rings (SSSR count). The van der Waals surface area contributed by atoms with Crippen molar-refractivity contribution >= 4 is 23.4 Å². The van der Waals surface area contributed by atoms with Crippen LogP contribution in [0, 0.1) is 0 Å². The van der Waals surface area contributed by atoms with E-state index in [0.29, 0.717) is 37.5 Å². The lowest BCUT2D eigenvalue weighted by molar-refractivity contribution is -0.125. The first-order chi connectivity index (χ1) is 11.5. The Morgan fingerprint density at radius 3 is 2.67 bits per heavy atom. The number of benzene rings is 1. The van der Waals surface area contributed by atoms with Gasteiger partial charge in [-0.15, -0.1) is 0 Å². The van der Waals surface area contributed by atoms with Gasteiger partial charge in [0.25, 0.3) is 5.91 Å². The summed E-state index contributed by atoms with van der Waals surface area (Å²) in [5.74, 6) is 0.301. The monoisotopic (exact) mass is 333 g/mol. The van der Waals surface area contributed by atoms with Gasteiger partial charge in [0.1, 0.15) is 5.75 Å². The molecule has 3 amide bonds. The summed E-state index contributed by atoms with van der Waals surface area (Å²) in [5, 5.41) is 5.45. The molecular formula is C17H23N3O4. The van der Waals surface area contributed by atoms with E-state index in [0.717, 1.165) is 0 Å². The molecule has 1 aromatic carbocycles. The Morgan fingerprint density at radius 1 is 1.21 bits per heavy atom. The SMILES string of the molecule is CC(=O)NCCCNC(=O)CCN1C(=O)C(C)Oc2ccccc21. The van der Waals surface area contributed by atoms with Crippen LogP contribution < -0.4 is 20.3 Å². The highest BCUT2D eigenvalue weighted by atomic mass is 16.5. The number of carbonyl (C=O) groups excluding carboxylic acids is 3. The fourth-order valence-electron chi connectivity index (χ4n) is 2.47. The largest absolute Gasteiger partial charge is 0.479 e. The Balaban J connectivity index is 1.81. The number of fused-ring (bicyclic) bond motifs is 1. The van der Waals surface area contributed by atoms with Crippen LogP contribution in [-0.4, -0.2) is 43.5 Å². The lowest BCUT2D eigenvalue weighted by atomic mass is 10.1. The summed E-state index contributed by atoms with van der Waals surface area (Å²) in [4.78, 5) is 36.5. The van der Waals surface area contributed by atoms with Crippen molar-refractivity contribution in [1.29, 1.82) is 0 Å². The van der Waals surface area contributed by atoms with Crippen LogP contribution in [0.4, 0.5) is 5.69 Å². The summed E-state index contributed by atoms with van der Waals surface area (Å²) >= 11 is 0. The maximum Gasteiger partial charge on any atom is 0.267 e. The second-order valence-corrected chi connectivity index (χ2v) is 5.65. The molecule has 0 fully saturated rings. The Labute approximate surface area is 141 Å².